The van der Waals surface area contributed by atoms with Gasteiger partial charge >= 0.3 is 0 Å². The van der Waals surface area contributed by atoms with E-state index in [1.165, 1.54) is 256 Å². The fraction of sp³-hybridized carbons (Fsp3) is 0.835. The van der Waals surface area contributed by atoms with E-state index >= 15 is 0 Å². The molecule has 1 aliphatic heterocycles. The van der Waals surface area contributed by atoms with Gasteiger partial charge in [0.15, 0.2) is 0 Å². The highest BCUT2D eigenvalue weighted by atomic mass is 19.3. The number of nitrogens with one attached hydrogen (secondary N) is 5. The van der Waals surface area contributed by atoms with E-state index in [0.717, 1.165) is 30.8 Å². The maximum atomic E-state index is 13.8. The van der Waals surface area contributed by atoms with E-state index in [4.69, 9.17) is 62.6 Å². The van der Waals surface area contributed by atoms with Gasteiger partial charge in [0.05, 0.1) is 188 Å². The maximum absolute atomic E-state index is 13.8. The van der Waals surface area contributed by atoms with Crippen molar-refractivity contribution in [1.29, 1.82) is 5.26 Å². The van der Waals surface area contributed by atoms with Crippen LogP contribution in [0.4, 0.5) is 14.5 Å². The molecule has 0 spiro atoms. The van der Waals surface area contributed by atoms with Crippen LogP contribution in [0.1, 0.15) is 299 Å². The van der Waals surface area contributed by atoms with E-state index in [1.54, 1.807) is 24.3 Å². The molecule has 0 unspecified atom stereocenters. The molecule has 1 saturated heterocycles. The second kappa shape index (κ2) is 81.1. The number of nitriles is 1. The molecule has 686 valence electrons. The van der Waals surface area contributed by atoms with Crippen LogP contribution in [-0.2, 0) is 76.0 Å². The van der Waals surface area contributed by atoms with E-state index < -0.39 is 49.2 Å². The number of unbranched alkanes of at least 4 members (excludes halogenated alkanes) is 40. The van der Waals surface area contributed by atoms with Crippen molar-refractivity contribution >= 4 is 46.1 Å². The molecule has 0 saturated carbocycles. The number of ether oxygens (including phenoxy) is 12. The molecule has 3 rings (SSSR count). The largest absolute Gasteiger partial charge is 0.379 e. The quantitative estimate of drug-likeness (QED) is 0.0265. The van der Waals surface area contributed by atoms with Crippen molar-refractivity contribution in [1.82, 2.24) is 31.4 Å². The second-order valence-electron chi connectivity index (χ2n) is 31.2. The minimum absolute atomic E-state index is 0.0270. The van der Waals surface area contributed by atoms with Gasteiger partial charge in [-0.1, -0.05) is 263 Å². The van der Waals surface area contributed by atoms with Gasteiger partial charge in [-0.05, 0) is 25.0 Å². The molecular formula is C91H161F2N9O17. The summed E-state index contributed by atoms with van der Waals surface area (Å²) in [4.78, 5) is 67.5. The summed E-state index contributed by atoms with van der Waals surface area (Å²) in [5.74, 6) is -5.38. The predicted molar refractivity (Wildman–Crippen MR) is 465 cm³/mol. The molecule has 28 heteroatoms. The number of hydrogen-bond donors (Lipinski definition) is 6. The van der Waals surface area contributed by atoms with Crippen LogP contribution in [0.2, 0.25) is 0 Å². The van der Waals surface area contributed by atoms with Crippen LogP contribution in [0.5, 0.6) is 0 Å². The standard InChI is InChI=1S/C91H161F2N9O17/c92-91(93)77-81(78-95)102(80-91)88(106)79-98-90(107)83-47-51-97-89-82(83)43-42-44-84(89)100-86(104)45-46-87(105)101-99-50-40-38-36-34-32-30-28-26-24-22-20-18-16-14-12-10-8-6-4-2-1-3-5-7-9-11-13-15-17-19-21-23-25-27-29-31-33-35-37-39-41-53-108-55-57-110-59-61-112-63-65-114-67-69-116-71-73-118-75-76-119-74-72-117-70-68-115-66-64-113-62-60-111-58-56-109-54-48-85(103)96-52-49-94/h42-44,47,51,81,99H,1-41,45-46,48-50,52-77,79-80,94H2,(H,96,103)(H,98,107)(H,100,104)(H,101,105)/t81-/m0/s1. The Morgan fingerprint density at radius 2 is 0.731 bits per heavy atom. The van der Waals surface area contributed by atoms with Crippen molar-refractivity contribution < 1.29 is 89.6 Å². The Kier molecular flexibility index (Phi) is 73.6. The number of carbonyl (C=O) groups is 5. The molecular weight excluding hydrogens is 1530 g/mol. The van der Waals surface area contributed by atoms with Crippen molar-refractivity contribution in [2.45, 2.75) is 301 Å². The normalized spacial score (nSPS) is 13.2. The molecule has 119 heavy (non-hydrogen) atoms. The third-order valence-corrected chi connectivity index (χ3v) is 20.9. The summed E-state index contributed by atoms with van der Waals surface area (Å²) in [6.07, 6.45) is 56.7. The third-order valence-electron chi connectivity index (χ3n) is 20.9. The zero-order valence-corrected chi connectivity index (χ0v) is 73.4. The van der Waals surface area contributed by atoms with Crippen LogP contribution in [0.3, 0.4) is 0 Å². The molecule has 0 radical (unpaired) electrons. The smallest absolute Gasteiger partial charge is 0.268 e. The van der Waals surface area contributed by atoms with Gasteiger partial charge in [-0.2, -0.15) is 5.26 Å². The average molecular weight is 1690 g/mol. The number of nitrogens with two attached hydrogens (primary N) is 1. The molecule has 1 aromatic heterocycles. The monoisotopic (exact) mass is 1690 g/mol. The lowest BCUT2D eigenvalue weighted by molar-refractivity contribution is -0.131. The first kappa shape index (κ1) is 108. The zero-order valence-electron chi connectivity index (χ0n) is 73.4. The van der Waals surface area contributed by atoms with Crippen LogP contribution in [0, 0.1) is 11.3 Å². The Morgan fingerprint density at radius 1 is 0.403 bits per heavy atom. The molecule has 1 fully saturated rings. The van der Waals surface area contributed by atoms with Crippen molar-refractivity contribution in [2.24, 2.45) is 5.73 Å². The lowest BCUT2D eigenvalue weighted by Crippen LogP contribution is -2.43. The number of anilines is 1. The molecule has 1 aromatic carbocycles. The molecule has 0 bridgehead atoms. The third kappa shape index (κ3) is 66.0. The Balaban J connectivity index is 0.880. The van der Waals surface area contributed by atoms with Gasteiger partial charge in [0.1, 0.15) is 6.04 Å². The summed E-state index contributed by atoms with van der Waals surface area (Å²) >= 11 is 0. The number of hydrazine groups is 1. The molecule has 1 aliphatic rings. The first-order valence-electron chi connectivity index (χ1n) is 46.5. The van der Waals surface area contributed by atoms with Crippen molar-refractivity contribution in [3.05, 3.63) is 36.0 Å². The number of halogens is 2. The number of rotatable bonds is 90. The Bertz CT molecular complexity index is 2770. The number of likely N-dealkylation sites (tertiary alicyclic amines) is 1. The van der Waals surface area contributed by atoms with Gasteiger partial charge in [0.25, 0.3) is 11.8 Å². The Hall–Kier alpha value is -5.23. The van der Waals surface area contributed by atoms with Gasteiger partial charge in [0.2, 0.25) is 23.6 Å². The zero-order chi connectivity index (χ0) is 85.1. The highest BCUT2D eigenvalue weighted by Crippen LogP contribution is 2.32. The van der Waals surface area contributed by atoms with E-state index in [-0.39, 0.29) is 30.2 Å². The van der Waals surface area contributed by atoms with Gasteiger partial charge in [-0.25, -0.2) is 14.2 Å². The molecule has 26 nitrogen and oxygen atoms in total. The SMILES string of the molecule is N#C[C@@H]1CC(F)(F)CN1C(=O)CNC(=O)c1ccnc2c(NC(=O)CCC(=O)NNCCCCCCCCCCCCCCCCCCCCCCCCCCCCCCCCCCCCCCCCCCCOCCOCCOCCOCCOCCOCCOCCOCCOCCOCCOCCOCCC(=O)NCCN)cccc12. The minimum atomic E-state index is -3.17. The molecule has 7 N–H and O–H groups in total. The predicted octanol–water partition coefficient (Wildman–Crippen LogP) is 15.7. The highest BCUT2D eigenvalue weighted by molar-refractivity contribution is 6.10. The molecule has 2 aromatic rings. The summed E-state index contributed by atoms with van der Waals surface area (Å²) in [7, 11) is 0. The van der Waals surface area contributed by atoms with Gasteiger partial charge in [0, 0.05) is 63.5 Å². The number of hydrogen-bond acceptors (Lipinski definition) is 21. The summed E-state index contributed by atoms with van der Waals surface area (Å²) in [5, 5.41) is 17.5. The lowest BCUT2D eigenvalue weighted by Gasteiger charge is -2.19. The average Bonchev–Trinajstić information content (AvgIpc) is 1.48. The van der Waals surface area contributed by atoms with Crippen LogP contribution < -0.4 is 32.5 Å². The van der Waals surface area contributed by atoms with Gasteiger partial charge in [-0.15, -0.1) is 0 Å². The van der Waals surface area contributed by atoms with Crippen molar-refractivity contribution in [2.75, 3.05) is 197 Å². The number of alkyl halides is 2. The number of aromatic nitrogens is 1. The molecule has 1 atom stereocenters. The first-order valence-corrected chi connectivity index (χ1v) is 46.5. The number of benzene rings is 1. The van der Waals surface area contributed by atoms with Crippen molar-refractivity contribution in [3.8, 4) is 6.07 Å². The van der Waals surface area contributed by atoms with E-state index in [0.29, 0.717) is 195 Å². The van der Waals surface area contributed by atoms with Crippen LogP contribution in [0.15, 0.2) is 30.5 Å². The lowest BCUT2D eigenvalue weighted by atomic mass is 10.0. The molecule has 0 aliphatic carbocycles. The summed E-state index contributed by atoms with van der Waals surface area (Å²) in [5.41, 5.74) is 11.8. The van der Waals surface area contributed by atoms with E-state index in [9.17, 15) is 38.0 Å². The summed E-state index contributed by atoms with van der Waals surface area (Å²) in [6, 6.07) is 6.78. The number of para-hydroxylation sites is 1. The minimum Gasteiger partial charge on any atom is -0.379 e. The summed E-state index contributed by atoms with van der Waals surface area (Å²) in [6.45, 7) is 12.4. The van der Waals surface area contributed by atoms with Crippen molar-refractivity contribution in [3.63, 3.8) is 0 Å². The van der Waals surface area contributed by atoms with Crippen LogP contribution >= 0.6 is 0 Å². The first-order chi connectivity index (χ1) is 58.5. The van der Waals surface area contributed by atoms with Gasteiger partial charge in [-0.3, -0.25) is 34.4 Å². The van der Waals surface area contributed by atoms with E-state index in [2.05, 4.69) is 31.8 Å². The van der Waals surface area contributed by atoms with Gasteiger partial charge < -0.3 is 83.4 Å². The summed E-state index contributed by atoms with van der Waals surface area (Å²) < 4.78 is 94.2. The fourth-order valence-electron chi connectivity index (χ4n) is 14.0. The number of pyridine rings is 1. The number of nitrogens with zero attached hydrogens (tertiary/aromatic N) is 3. The maximum Gasteiger partial charge on any atom is 0.268 e. The molecule has 2 heterocycles. The van der Waals surface area contributed by atoms with Crippen LogP contribution in [0.25, 0.3) is 10.9 Å². The fourth-order valence-corrected chi connectivity index (χ4v) is 14.0. The number of carbonyl (C=O) groups excluding carboxylic acids is 5. The number of fused-ring (bicyclic) bond motifs is 1. The Labute approximate surface area is 714 Å². The molecule has 5 amide bonds. The van der Waals surface area contributed by atoms with E-state index in [1.807, 2.05) is 0 Å². The van der Waals surface area contributed by atoms with Crippen LogP contribution in [-0.4, -0.2) is 243 Å². The second-order valence-corrected chi connectivity index (χ2v) is 31.2. The Morgan fingerprint density at radius 3 is 1.08 bits per heavy atom. The topological polar surface area (TPSA) is 322 Å². The highest BCUT2D eigenvalue weighted by Gasteiger charge is 2.47. The number of amides is 5.